The summed E-state index contributed by atoms with van der Waals surface area (Å²) in [5.74, 6) is 2.10. The normalized spacial score (nSPS) is 12.7. The van der Waals surface area contributed by atoms with Crippen molar-refractivity contribution in [3.8, 4) is 68.4 Å². The minimum atomic E-state index is -0.109. The molecule has 0 spiro atoms. The molecule has 16 heteroatoms. The second kappa shape index (κ2) is 31.1. The van der Waals surface area contributed by atoms with Crippen molar-refractivity contribution < 1.29 is 0 Å². The second-order valence-corrected chi connectivity index (χ2v) is 43.9. The predicted octanol–water partition coefficient (Wildman–Crippen LogP) is 36.5. The van der Waals surface area contributed by atoms with Gasteiger partial charge in [0.05, 0.1) is 120 Å². The lowest BCUT2D eigenvalue weighted by Gasteiger charge is -2.22. The zero-order valence-electron chi connectivity index (χ0n) is 76.7. The Labute approximate surface area is 839 Å². The molecule has 0 fully saturated rings. The summed E-state index contributed by atoms with van der Waals surface area (Å²) in [6.07, 6.45) is 0. The Morgan fingerprint density at radius 2 is 0.573 bits per heavy atom. The highest BCUT2D eigenvalue weighted by molar-refractivity contribution is 7.38. The molecular weight excluding hydrogens is 1860 g/mol. The van der Waals surface area contributed by atoms with Gasteiger partial charge in [-0.1, -0.05) is 341 Å². The van der Waals surface area contributed by atoms with Crippen molar-refractivity contribution in [1.82, 2.24) is 48.2 Å². The molecule has 0 N–H and O–H groups in total. The summed E-state index contributed by atoms with van der Waals surface area (Å²) in [6.45, 7) is 4.69. The van der Waals surface area contributed by atoms with E-state index in [1.54, 1.807) is 0 Å². The van der Waals surface area contributed by atoms with Crippen LogP contribution in [0.3, 0.4) is 0 Å². The molecule has 0 aliphatic heterocycles. The summed E-state index contributed by atoms with van der Waals surface area (Å²) in [5.41, 5.74) is 24.7. The molecule has 0 radical (unpaired) electrons. The lowest BCUT2D eigenvalue weighted by atomic mass is 9.81. The standard InChI is InChI=1S/C46H26N4S2.C43H27N3S2.C38H21N3S2/c1-2-13-29(14-3-1)49-36-19-9-6-16-31(36)34-26-28(23-25-38(34)49)41-40-30-15-5-4-12-27(30)22-24-35(40)47-46(48-41)50-37-20-10-7-17-32(37)43-42(50)45-44(52-43)33-18-8-11-21-39(33)51-45;1-43(2)31-16-8-5-13-27(31)28-21-19-25(23-32(28)43)37-36-26-12-4-3-11-24(26)20-22-33(36)44-42(45-37)46-34-17-9-6-14-29(34)39-38(46)41-40(48-39)30-15-7-10-18-35(30)47-41;1-2-12-22(13-3-1)32-31-25-16-6-4-14-23(25)24-15-5-7-17-26(24)33(31)40-38(39-32)41-29-20-10-8-18-27(29)35-34(41)37-36(43-35)28-19-9-11-21-30(28)42-37/h1-26H;3-23H,1-2H3;1-21H. The second-order valence-electron chi connectivity index (χ2n) is 37.7. The van der Waals surface area contributed by atoms with Crippen molar-refractivity contribution in [2.24, 2.45) is 0 Å². The molecule has 19 aromatic carbocycles. The molecule has 32 aromatic rings. The van der Waals surface area contributed by atoms with Gasteiger partial charge in [-0.3, -0.25) is 13.7 Å². The summed E-state index contributed by atoms with van der Waals surface area (Å²) < 4.78 is 25.0. The quantitative estimate of drug-likeness (QED) is 0.148. The Balaban J connectivity index is 0.0000000985. The van der Waals surface area contributed by atoms with Crippen LogP contribution in [0.4, 0.5) is 0 Å². The van der Waals surface area contributed by atoms with E-state index in [-0.39, 0.29) is 5.41 Å². The van der Waals surface area contributed by atoms with E-state index in [0.29, 0.717) is 17.8 Å². The molecule has 0 amide bonds. The van der Waals surface area contributed by atoms with Crippen molar-refractivity contribution in [3.05, 3.63) is 424 Å². The van der Waals surface area contributed by atoms with Crippen molar-refractivity contribution >= 4 is 287 Å². The van der Waals surface area contributed by atoms with Crippen molar-refractivity contribution in [2.75, 3.05) is 0 Å². The average Bonchev–Trinajstić information content (AvgIpc) is 1.54. The topological polar surface area (TPSA) is 97.1 Å². The van der Waals surface area contributed by atoms with Crippen LogP contribution in [0, 0.1) is 0 Å². The largest absolute Gasteiger partial charge is 0.309 e. The monoisotopic (exact) mass is 1930 g/mol. The lowest BCUT2D eigenvalue weighted by molar-refractivity contribution is 0.660. The van der Waals surface area contributed by atoms with Gasteiger partial charge in [-0.05, 0) is 145 Å². The summed E-state index contributed by atoms with van der Waals surface area (Å²) in [4.78, 5) is 33.0. The van der Waals surface area contributed by atoms with Crippen LogP contribution in [-0.4, -0.2) is 48.2 Å². The van der Waals surface area contributed by atoms with Gasteiger partial charge in [0, 0.05) is 107 Å². The van der Waals surface area contributed by atoms with Gasteiger partial charge in [-0.25, -0.2) is 29.9 Å². The smallest absolute Gasteiger partial charge is 0.235 e. The minimum absolute atomic E-state index is 0.109. The SMILES string of the molecule is CC1(C)c2ccccc2-c2ccc(-c3nc(-n4c5ccccc5c5sc6c7ccccc7sc6c54)nc4ccc5ccccc5c34)cc21.c1ccc(-c2nc(-n3c4ccccc4c4sc5c6ccccc6sc5c43)nc3c4ccccc4c4ccccc4c23)cc1.c1ccc(-n2c3ccccc3c3cc(-c4nc(-n5c6ccccc6c6sc7c8ccccc8sc7c65)nc5ccc6ccccc6c45)ccc32)cc1. The lowest BCUT2D eigenvalue weighted by Crippen LogP contribution is -2.15. The average molecular weight is 1930 g/mol. The van der Waals surface area contributed by atoms with Gasteiger partial charge >= 0.3 is 0 Å². The first-order valence-electron chi connectivity index (χ1n) is 48.1. The van der Waals surface area contributed by atoms with Crippen molar-refractivity contribution in [3.63, 3.8) is 0 Å². The van der Waals surface area contributed by atoms with Gasteiger partial charge in [-0.2, -0.15) is 0 Å². The number of hydrogen-bond acceptors (Lipinski definition) is 12. The molecule has 13 heterocycles. The summed E-state index contributed by atoms with van der Waals surface area (Å²) in [7, 11) is 0. The van der Waals surface area contributed by atoms with E-state index in [1.807, 2.05) is 68.0 Å². The number of nitrogens with zero attached hydrogens (tertiary/aromatic N) is 10. The summed E-state index contributed by atoms with van der Waals surface area (Å²) >= 11 is 11.3. The van der Waals surface area contributed by atoms with Gasteiger partial charge in [0.25, 0.3) is 0 Å². The fraction of sp³-hybridized carbons (Fsp3) is 0.0236. The van der Waals surface area contributed by atoms with Crippen molar-refractivity contribution in [1.29, 1.82) is 0 Å². The molecule has 668 valence electrons. The third kappa shape index (κ3) is 11.9. The van der Waals surface area contributed by atoms with E-state index < -0.39 is 0 Å². The fourth-order valence-corrected chi connectivity index (χ4v) is 31.5. The molecular formula is C127H74N10S6. The third-order valence-corrected chi connectivity index (χ3v) is 37.2. The number of thiophene rings is 6. The van der Waals surface area contributed by atoms with Crippen LogP contribution in [0.25, 0.3) is 288 Å². The highest BCUT2D eigenvalue weighted by Crippen LogP contribution is 2.56. The first kappa shape index (κ1) is 81.1. The van der Waals surface area contributed by atoms with Gasteiger partial charge in [0.1, 0.15) is 0 Å². The van der Waals surface area contributed by atoms with Crippen LogP contribution >= 0.6 is 68.0 Å². The van der Waals surface area contributed by atoms with Crippen LogP contribution in [0.2, 0.25) is 0 Å². The maximum atomic E-state index is 5.61. The molecule has 0 unspecified atom stereocenters. The predicted molar refractivity (Wildman–Crippen MR) is 612 cm³/mol. The molecule has 0 atom stereocenters. The highest BCUT2D eigenvalue weighted by atomic mass is 32.1. The van der Waals surface area contributed by atoms with Crippen molar-refractivity contribution in [2.45, 2.75) is 19.3 Å². The van der Waals surface area contributed by atoms with E-state index >= 15 is 0 Å². The number of rotatable bonds is 7. The van der Waals surface area contributed by atoms with Gasteiger partial charge in [-0.15, -0.1) is 68.0 Å². The summed E-state index contributed by atoms with van der Waals surface area (Å²) in [6, 6.07) is 148. The first-order valence-corrected chi connectivity index (χ1v) is 53.0. The Morgan fingerprint density at radius 3 is 1.08 bits per heavy atom. The van der Waals surface area contributed by atoms with Gasteiger partial charge < -0.3 is 4.57 Å². The maximum absolute atomic E-state index is 5.61. The molecule has 1 aliphatic rings. The number of aromatic nitrogens is 10. The third-order valence-electron chi connectivity index (χ3n) is 29.6. The molecule has 10 nitrogen and oxygen atoms in total. The van der Waals surface area contributed by atoms with E-state index in [2.05, 4.69) is 445 Å². The Hall–Kier alpha value is -16.8. The van der Waals surface area contributed by atoms with E-state index in [0.717, 1.165) is 99.5 Å². The Bertz CT molecular complexity index is 11100. The number of hydrogen-bond donors (Lipinski definition) is 0. The Kier molecular flexibility index (Phi) is 17.6. The first-order chi connectivity index (χ1) is 70.7. The number of para-hydroxylation sites is 5. The fourth-order valence-electron chi connectivity index (χ4n) is 23.2. The zero-order valence-corrected chi connectivity index (χ0v) is 81.6. The maximum Gasteiger partial charge on any atom is 0.235 e. The van der Waals surface area contributed by atoms with Crippen LogP contribution in [0.5, 0.6) is 0 Å². The molecule has 33 rings (SSSR count). The van der Waals surface area contributed by atoms with Crippen LogP contribution in [0.1, 0.15) is 25.0 Å². The molecule has 143 heavy (non-hydrogen) atoms. The van der Waals surface area contributed by atoms with E-state index in [1.165, 1.54) is 182 Å². The molecule has 1 aliphatic carbocycles. The Morgan fingerprint density at radius 1 is 0.210 bits per heavy atom. The van der Waals surface area contributed by atoms with E-state index in [4.69, 9.17) is 29.9 Å². The van der Waals surface area contributed by atoms with E-state index in [9.17, 15) is 0 Å². The minimum Gasteiger partial charge on any atom is -0.309 e. The van der Waals surface area contributed by atoms with Crippen LogP contribution in [0.15, 0.2) is 413 Å². The van der Waals surface area contributed by atoms with Gasteiger partial charge in [0.2, 0.25) is 17.8 Å². The number of fused-ring (bicyclic) bond motifs is 39. The zero-order chi connectivity index (χ0) is 93.7. The van der Waals surface area contributed by atoms with Crippen LogP contribution in [-0.2, 0) is 5.41 Å². The number of benzene rings is 19. The molecule has 0 saturated heterocycles. The molecule has 0 saturated carbocycles. The molecule has 0 bridgehead atoms. The van der Waals surface area contributed by atoms with Crippen LogP contribution < -0.4 is 0 Å². The molecule has 13 aromatic heterocycles. The summed E-state index contributed by atoms with van der Waals surface area (Å²) in [5, 5.41) is 22.8. The van der Waals surface area contributed by atoms with Gasteiger partial charge in [0.15, 0.2) is 0 Å². The highest BCUT2D eigenvalue weighted by Gasteiger charge is 2.37.